The van der Waals surface area contributed by atoms with Gasteiger partial charge in [-0.2, -0.15) is 5.10 Å². The maximum atomic E-state index is 11.0. The summed E-state index contributed by atoms with van der Waals surface area (Å²) in [4.78, 5) is 8.16. The van der Waals surface area contributed by atoms with Crippen LogP contribution >= 0.6 is 0 Å². The van der Waals surface area contributed by atoms with Gasteiger partial charge in [0.05, 0.1) is 5.39 Å². The van der Waals surface area contributed by atoms with E-state index in [0.29, 0.717) is 11.0 Å². The Balaban J connectivity index is 2.24. The van der Waals surface area contributed by atoms with Gasteiger partial charge in [-0.05, 0) is 12.1 Å². The molecule has 90 valence electrons. The zero-order valence-electron chi connectivity index (χ0n) is 9.07. The van der Waals surface area contributed by atoms with Crippen molar-refractivity contribution in [2.75, 3.05) is 0 Å². The highest BCUT2D eigenvalue weighted by Crippen LogP contribution is 2.23. The second-order valence-corrected chi connectivity index (χ2v) is 4.60. The molecule has 0 atom stereocenters. The van der Waals surface area contributed by atoms with Gasteiger partial charge in [-0.25, -0.2) is 13.4 Å². The van der Waals surface area contributed by atoms with Crippen molar-refractivity contribution in [3.05, 3.63) is 36.8 Å². The number of pyridine rings is 2. The smallest absolute Gasteiger partial charge is 0.188 e. The molecule has 1 N–H and O–H groups in total. The molecule has 18 heavy (non-hydrogen) atoms. The molecular formula is C11H8N4O2S. The van der Waals surface area contributed by atoms with Gasteiger partial charge in [-0.3, -0.25) is 10.1 Å². The fourth-order valence-corrected chi connectivity index (χ4v) is 2.22. The Bertz CT molecular complexity index is 772. The molecule has 0 fully saturated rings. The van der Waals surface area contributed by atoms with Crippen molar-refractivity contribution < 1.29 is 8.42 Å². The summed E-state index contributed by atoms with van der Waals surface area (Å²) < 4.78 is 22.1. The molecule has 3 aromatic heterocycles. The molecule has 0 radical (unpaired) electrons. The highest BCUT2D eigenvalue weighted by atomic mass is 32.2. The molecule has 0 aromatic carbocycles. The third-order valence-electron chi connectivity index (χ3n) is 2.56. The Labute approximate surface area is 104 Å². The Morgan fingerprint density at radius 2 is 2.06 bits per heavy atom. The molecule has 3 aromatic rings. The van der Waals surface area contributed by atoms with Crippen LogP contribution in [0.2, 0.25) is 0 Å². The topological polar surface area (TPSA) is 88.6 Å². The Morgan fingerprint density at radius 3 is 2.78 bits per heavy atom. The van der Waals surface area contributed by atoms with Gasteiger partial charge in [0, 0.05) is 29.7 Å². The third kappa shape index (κ3) is 1.74. The average Bonchev–Trinajstić information content (AvgIpc) is 2.82. The number of nitrogens with one attached hydrogen (secondary N) is 1. The van der Waals surface area contributed by atoms with Crippen LogP contribution in [0.25, 0.3) is 22.2 Å². The van der Waals surface area contributed by atoms with Gasteiger partial charge < -0.3 is 0 Å². The van der Waals surface area contributed by atoms with E-state index >= 15 is 0 Å². The van der Waals surface area contributed by atoms with Crippen molar-refractivity contribution in [2.24, 2.45) is 0 Å². The minimum Gasteiger partial charge on any atom is -0.264 e. The number of hydrogen-bond acceptors (Lipinski definition) is 5. The maximum absolute atomic E-state index is 11.0. The molecule has 7 heteroatoms. The molecule has 0 aliphatic heterocycles. The van der Waals surface area contributed by atoms with Crippen LogP contribution in [-0.2, 0) is 10.7 Å². The van der Waals surface area contributed by atoms with E-state index in [4.69, 9.17) is 0 Å². The van der Waals surface area contributed by atoms with Crippen molar-refractivity contribution in [3.8, 4) is 11.1 Å². The van der Waals surface area contributed by atoms with Gasteiger partial charge in [0.25, 0.3) is 0 Å². The van der Waals surface area contributed by atoms with Crippen molar-refractivity contribution in [1.29, 1.82) is 0 Å². The molecule has 0 unspecified atom stereocenters. The number of hydrogen-bond donors (Lipinski definition) is 2. The molecule has 0 aliphatic carbocycles. The molecular weight excluding hydrogens is 252 g/mol. The average molecular weight is 260 g/mol. The predicted octanol–water partition coefficient (Wildman–Crippen LogP) is 0.990. The fourth-order valence-electron chi connectivity index (χ4n) is 1.72. The number of H-pyrrole nitrogens is 1. The second kappa shape index (κ2) is 4.19. The van der Waals surface area contributed by atoms with Gasteiger partial charge >= 0.3 is 0 Å². The summed E-state index contributed by atoms with van der Waals surface area (Å²) in [6.45, 7) is 0. The Kier molecular flexibility index (Phi) is 2.52. The van der Waals surface area contributed by atoms with Crippen LogP contribution in [0.1, 0.15) is 0 Å². The minimum atomic E-state index is -2.74. The lowest BCUT2D eigenvalue weighted by Crippen LogP contribution is -1.84. The molecule has 6 nitrogen and oxygen atoms in total. The Morgan fingerprint density at radius 1 is 1.17 bits per heavy atom. The van der Waals surface area contributed by atoms with Crippen LogP contribution < -0.4 is 0 Å². The van der Waals surface area contributed by atoms with Crippen LogP contribution in [0, 0.1) is 0 Å². The van der Waals surface area contributed by atoms with E-state index in [1.54, 1.807) is 24.7 Å². The SMILES string of the molecule is O=[SH](=O)c1n[nH]c2ncc(-c3cccnc3)cc12. The minimum absolute atomic E-state index is 0.0123. The lowest BCUT2D eigenvalue weighted by atomic mass is 10.1. The van der Waals surface area contributed by atoms with Gasteiger partial charge in [0.1, 0.15) is 0 Å². The molecule has 0 spiro atoms. The van der Waals surface area contributed by atoms with Crippen LogP contribution in [0.3, 0.4) is 0 Å². The summed E-state index contributed by atoms with van der Waals surface area (Å²) >= 11 is 0. The molecule has 0 saturated carbocycles. The zero-order valence-corrected chi connectivity index (χ0v) is 9.96. The third-order valence-corrected chi connectivity index (χ3v) is 3.25. The van der Waals surface area contributed by atoms with Gasteiger partial charge in [0.15, 0.2) is 21.4 Å². The molecule has 0 amide bonds. The molecule has 0 bridgehead atoms. The van der Waals surface area contributed by atoms with E-state index in [1.165, 1.54) is 0 Å². The van der Waals surface area contributed by atoms with Crippen LogP contribution in [0.4, 0.5) is 0 Å². The quantitative estimate of drug-likeness (QED) is 0.671. The first-order chi connectivity index (χ1) is 8.75. The monoisotopic (exact) mass is 260 g/mol. The molecule has 3 rings (SSSR count). The van der Waals surface area contributed by atoms with Crippen molar-refractivity contribution in [2.45, 2.75) is 5.03 Å². The lowest BCUT2D eigenvalue weighted by molar-refractivity contribution is 0.611. The number of rotatable bonds is 2. The summed E-state index contributed by atoms with van der Waals surface area (Å²) in [5.41, 5.74) is 2.13. The highest BCUT2D eigenvalue weighted by molar-refractivity contribution is 7.72. The van der Waals surface area contributed by atoms with Crippen LogP contribution in [0.5, 0.6) is 0 Å². The predicted molar refractivity (Wildman–Crippen MR) is 65.7 cm³/mol. The normalized spacial score (nSPS) is 11.2. The van der Waals surface area contributed by atoms with E-state index in [0.717, 1.165) is 11.1 Å². The number of thiol groups is 1. The molecule has 3 heterocycles. The van der Waals surface area contributed by atoms with Crippen molar-refractivity contribution in [1.82, 2.24) is 20.2 Å². The van der Waals surface area contributed by atoms with E-state index in [1.807, 2.05) is 12.1 Å². The number of aromatic amines is 1. The van der Waals surface area contributed by atoms with Crippen LogP contribution in [0.15, 0.2) is 41.8 Å². The number of nitrogens with zero attached hydrogens (tertiary/aromatic N) is 3. The summed E-state index contributed by atoms with van der Waals surface area (Å²) in [6.07, 6.45) is 5.02. The molecule has 0 saturated heterocycles. The van der Waals surface area contributed by atoms with Crippen molar-refractivity contribution in [3.63, 3.8) is 0 Å². The van der Waals surface area contributed by atoms with Gasteiger partial charge in [-0.1, -0.05) is 6.07 Å². The summed E-state index contributed by atoms with van der Waals surface area (Å²) in [6, 6.07) is 5.43. The van der Waals surface area contributed by atoms with E-state index < -0.39 is 10.7 Å². The summed E-state index contributed by atoms with van der Waals surface area (Å²) in [5, 5.41) is 6.82. The number of aromatic nitrogens is 4. The summed E-state index contributed by atoms with van der Waals surface area (Å²) in [5.74, 6) is 0. The molecule has 0 aliphatic rings. The first-order valence-electron chi connectivity index (χ1n) is 5.14. The maximum Gasteiger partial charge on any atom is 0.188 e. The first-order valence-corrected chi connectivity index (χ1v) is 6.32. The van der Waals surface area contributed by atoms with Gasteiger partial charge in [0.2, 0.25) is 0 Å². The van der Waals surface area contributed by atoms with Crippen molar-refractivity contribution >= 4 is 21.7 Å². The largest absolute Gasteiger partial charge is 0.264 e. The van der Waals surface area contributed by atoms with E-state index in [9.17, 15) is 8.42 Å². The van der Waals surface area contributed by atoms with Crippen LogP contribution in [-0.4, -0.2) is 28.6 Å². The van der Waals surface area contributed by atoms with E-state index in [2.05, 4.69) is 20.2 Å². The van der Waals surface area contributed by atoms with E-state index in [-0.39, 0.29) is 5.03 Å². The second-order valence-electron chi connectivity index (χ2n) is 3.67. The standard InChI is InChI=1S/C11H8N4O2S/c16-18(17)11-9-4-8(6-13-10(9)14-15-11)7-2-1-3-12-5-7/h1-6,18H,(H,13,14,15). The Hall–Kier alpha value is -2.28. The van der Waals surface area contributed by atoms with Gasteiger partial charge in [-0.15, -0.1) is 0 Å². The lowest BCUT2D eigenvalue weighted by Gasteiger charge is -1.99. The highest BCUT2D eigenvalue weighted by Gasteiger charge is 2.10. The first kappa shape index (κ1) is 10.8. The fraction of sp³-hybridized carbons (Fsp3) is 0. The summed E-state index contributed by atoms with van der Waals surface area (Å²) in [7, 11) is -2.74. The zero-order chi connectivity index (χ0) is 12.5. The number of fused-ring (bicyclic) bond motifs is 1.